The first-order valence-electron chi connectivity index (χ1n) is 10.9. The van der Waals surface area contributed by atoms with Crippen LogP contribution >= 0.6 is 0 Å². The van der Waals surface area contributed by atoms with Gasteiger partial charge < -0.3 is 9.47 Å². The minimum absolute atomic E-state index is 0.303. The van der Waals surface area contributed by atoms with Crippen molar-refractivity contribution in [2.75, 3.05) is 13.1 Å². The fourth-order valence-corrected chi connectivity index (χ4v) is 4.59. The van der Waals surface area contributed by atoms with Gasteiger partial charge in [0.25, 0.3) is 0 Å². The van der Waals surface area contributed by atoms with Gasteiger partial charge in [0.1, 0.15) is 6.33 Å². The van der Waals surface area contributed by atoms with E-state index in [0.717, 1.165) is 72.3 Å². The Kier molecular flexibility index (Phi) is 4.33. The quantitative estimate of drug-likeness (QED) is 0.541. The molecule has 1 aliphatic carbocycles. The second-order valence-electron chi connectivity index (χ2n) is 8.77. The molecule has 3 heterocycles. The summed E-state index contributed by atoms with van der Waals surface area (Å²) in [6.45, 7) is 2.57. The van der Waals surface area contributed by atoms with Crippen LogP contribution in [-0.4, -0.2) is 48.9 Å². The number of benzene rings is 2. The van der Waals surface area contributed by atoms with E-state index >= 15 is 0 Å². The first-order valence-corrected chi connectivity index (χ1v) is 10.9. The second kappa shape index (κ2) is 7.34. The van der Waals surface area contributed by atoms with E-state index in [0.29, 0.717) is 17.7 Å². The predicted molar refractivity (Wildman–Crippen MR) is 118 cm³/mol. The molecule has 1 amide bonds. The van der Waals surface area contributed by atoms with Crippen molar-refractivity contribution in [3.8, 4) is 22.5 Å². The standard InChI is InChI=1S/C24H24N6O/c31-24(19-5-6-19)29-10-9-16(13-29)14-30-15-26-28-23(30)18-3-1-17(2-4-18)20-7-8-22-21(11-20)12-25-27-22/h1-4,7-8,11-12,15-16,19H,5-6,9-10,13-14H2,(H,25,27)/t16-/m1/s1. The van der Waals surface area contributed by atoms with Gasteiger partial charge in [0.05, 0.1) is 11.7 Å². The summed E-state index contributed by atoms with van der Waals surface area (Å²) in [6, 6.07) is 14.8. The second-order valence-corrected chi connectivity index (χ2v) is 8.77. The lowest BCUT2D eigenvalue weighted by molar-refractivity contribution is -0.131. The third kappa shape index (κ3) is 3.50. The first-order chi connectivity index (χ1) is 15.2. The monoisotopic (exact) mass is 412 g/mol. The van der Waals surface area contributed by atoms with Crippen LogP contribution < -0.4 is 0 Å². The molecule has 0 radical (unpaired) electrons. The van der Waals surface area contributed by atoms with Gasteiger partial charge in [0.15, 0.2) is 5.82 Å². The molecule has 2 fully saturated rings. The molecule has 7 heteroatoms. The maximum atomic E-state index is 12.3. The van der Waals surface area contributed by atoms with Crippen LogP contribution in [0.2, 0.25) is 0 Å². The van der Waals surface area contributed by atoms with Crippen LogP contribution in [-0.2, 0) is 11.3 Å². The molecule has 1 N–H and O–H groups in total. The van der Waals surface area contributed by atoms with Crippen LogP contribution in [0.1, 0.15) is 19.3 Å². The van der Waals surface area contributed by atoms with E-state index < -0.39 is 0 Å². The molecular weight excluding hydrogens is 388 g/mol. The van der Waals surface area contributed by atoms with Crippen molar-refractivity contribution >= 4 is 16.8 Å². The fourth-order valence-electron chi connectivity index (χ4n) is 4.59. The largest absolute Gasteiger partial charge is 0.342 e. The lowest BCUT2D eigenvalue weighted by Crippen LogP contribution is -2.30. The molecule has 7 nitrogen and oxygen atoms in total. The SMILES string of the molecule is O=C(C1CC1)N1CC[C@@H](Cn2cnnc2-c2ccc(-c3ccc4[nH]ncc4c3)cc2)C1. The molecule has 2 aliphatic rings. The third-order valence-electron chi connectivity index (χ3n) is 6.51. The van der Waals surface area contributed by atoms with Gasteiger partial charge in [-0.25, -0.2) is 0 Å². The smallest absolute Gasteiger partial charge is 0.225 e. The Morgan fingerprint density at radius 2 is 1.84 bits per heavy atom. The van der Waals surface area contributed by atoms with Crippen LogP contribution in [0.25, 0.3) is 33.4 Å². The van der Waals surface area contributed by atoms with E-state index in [1.54, 1.807) is 6.33 Å². The zero-order valence-electron chi connectivity index (χ0n) is 17.2. The number of nitrogens with zero attached hydrogens (tertiary/aromatic N) is 5. The molecule has 1 saturated heterocycles. The van der Waals surface area contributed by atoms with Gasteiger partial charge in [-0.1, -0.05) is 30.3 Å². The molecule has 0 spiro atoms. The number of aromatic amines is 1. The number of rotatable bonds is 5. The van der Waals surface area contributed by atoms with Gasteiger partial charge in [-0.3, -0.25) is 9.89 Å². The van der Waals surface area contributed by atoms with Crippen LogP contribution in [0.5, 0.6) is 0 Å². The van der Waals surface area contributed by atoms with E-state index in [9.17, 15) is 4.79 Å². The highest BCUT2D eigenvalue weighted by atomic mass is 16.2. The average Bonchev–Trinajstić information content (AvgIpc) is 3.17. The van der Waals surface area contributed by atoms with Crippen molar-refractivity contribution in [2.24, 2.45) is 11.8 Å². The summed E-state index contributed by atoms with van der Waals surface area (Å²) in [5.41, 5.74) is 4.41. The Balaban J connectivity index is 1.18. The molecule has 1 atom stereocenters. The number of likely N-dealkylation sites (tertiary alicyclic amines) is 1. The zero-order valence-corrected chi connectivity index (χ0v) is 17.2. The number of aromatic nitrogens is 5. The topological polar surface area (TPSA) is 79.7 Å². The molecule has 6 rings (SSSR count). The molecule has 156 valence electrons. The Labute approximate surface area is 180 Å². The van der Waals surface area contributed by atoms with Crippen molar-refractivity contribution in [3.63, 3.8) is 0 Å². The van der Waals surface area contributed by atoms with Crippen molar-refractivity contribution in [3.05, 3.63) is 55.0 Å². The first kappa shape index (κ1) is 18.3. The highest BCUT2D eigenvalue weighted by Crippen LogP contribution is 2.33. The fraction of sp³-hybridized carbons (Fsp3) is 0.333. The number of hydrogen-bond donors (Lipinski definition) is 1. The summed E-state index contributed by atoms with van der Waals surface area (Å²) in [4.78, 5) is 14.4. The molecule has 4 aromatic rings. The number of nitrogens with one attached hydrogen (secondary N) is 1. The van der Waals surface area contributed by atoms with Crippen LogP contribution in [0.4, 0.5) is 0 Å². The number of amides is 1. The van der Waals surface area contributed by atoms with Crippen LogP contribution in [0, 0.1) is 11.8 Å². The lowest BCUT2D eigenvalue weighted by atomic mass is 10.0. The van der Waals surface area contributed by atoms with E-state index in [2.05, 4.69) is 72.3 Å². The zero-order chi connectivity index (χ0) is 20.8. The summed E-state index contributed by atoms with van der Waals surface area (Å²) < 4.78 is 2.13. The van der Waals surface area contributed by atoms with Crippen molar-refractivity contribution in [2.45, 2.75) is 25.8 Å². The molecule has 0 unspecified atom stereocenters. The molecule has 1 saturated carbocycles. The minimum atomic E-state index is 0.303. The minimum Gasteiger partial charge on any atom is -0.342 e. The molecular formula is C24H24N6O. The summed E-state index contributed by atoms with van der Waals surface area (Å²) in [7, 11) is 0. The lowest BCUT2D eigenvalue weighted by Gasteiger charge is -2.17. The van der Waals surface area contributed by atoms with Crippen molar-refractivity contribution in [1.82, 2.24) is 29.9 Å². The highest BCUT2D eigenvalue weighted by molar-refractivity contribution is 5.84. The summed E-state index contributed by atoms with van der Waals surface area (Å²) in [5.74, 6) is 2.00. The maximum Gasteiger partial charge on any atom is 0.225 e. The summed E-state index contributed by atoms with van der Waals surface area (Å²) in [5, 5.41) is 16.7. The number of carbonyl (C=O) groups excluding carboxylic acids is 1. The van der Waals surface area contributed by atoms with Crippen molar-refractivity contribution in [1.29, 1.82) is 0 Å². The van der Waals surface area contributed by atoms with Crippen LogP contribution in [0.15, 0.2) is 55.0 Å². The van der Waals surface area contributed by atoms with Crippen molar-refractivity contribution < 1.29 is 4.79 Å². The Morgan fingerprint density at radius 1 is 1.03 bits per heavy atom. The van der Waals surface area contributed by atoms with E-state index in [4.69, 9.17) is 0 Å². The number of hydrogen-bond acceptors (Lipinski definition) is 4. The molecule has 0 bridgehead atoms. The predicted octanol–water partition coefficient (Wildman–Crippen LogP) is 3.75. The van der Waals surface area contributed by atoms with E-state index in [1.165, 1.54) is 0 Å². The van der Waals surface area contributed by atoms with Gasteiger partial charge in [-0.15, -0.1) is 10.2 Å². The van der Waals surface area contributed by atoms with Gasteiger partial charge in [0.2, 0.25) is 5.91 Å². The molecule has 1 aliphatic heterocycles. The van der Waals surface area contributed by atoms with E-state index in [-0.39, 0.29) is 0 Å². The summed E-state index contributed by atoms with van der Waals surface area (Å²) >= 11 is 0. The number of H-pyrrole nitrogens is 1. The molecule has 2 aromatic carbocycles. The normalized spacial score (nSPS) is 18.7. The Bertz CT molecular complexity index is 1240. The Morgan fingerprint density at radius 3 is 2.68 bits per heavy atom. The van der Waals surface area contributed by atoms with Gasteiger partial charge >= 0.3 is 0 Å². The highest BCUT2D eigenvalue weighted by Gasteiger charge is 2.36. The van der Waals surface area contributed by atoms with Crippen LogP contribution in [0.3, 0.4) is 0 Å². The molecule has 31 heavy (non-hydrogen) atoms. The van der Waals surface area contributed by atoms with Gasteiger partial charge in [0, 0.05) is 36.5 Å². The number of fused-ring (bicyclic) bond motifs is 1. The van der Waals surface area contributed by atoms with Gasteiger partial charge in [-0.2, -0.15) is 5.10 Å². The van der Waals surface area contributed by atoms with E-state index in [1.807, 2.05) is 6.20 Å². The number of carbonyl (C=O) groups is 1. The molecule has 2 aromatic heterocycles. The Hall–Kier alpha value is -3.48. The average molecular weight is 412 g/mol. The third-order valence-corrected chi connectivity index (χ3v) is 6.51. The summed E-state index contributed by atoms with van der Waals surface area (Å²) in [6.07, 6.45) is 6.84. The van der Waals surface area contributed by atoms with Gasteiger partial charge in [-0.05, 0) is 48.4 Å². The maximum absolute atomic E-state index is 12.3.